The van der Waals surface area contributed by atoms with Gasteiger partial charge in [0.15, 0.2) is 0 Å². The number of nitrogens with zero attached hydrogens (tertiary/aromatic N) is 2. The molecule has 216 valence electrons. The van der Waals surface area contributed by atoms with Crippen molar-refractivity contribution in [2.24, 2.45) is 11.8 Å². The predicted octanol–water partition coefficient (Wildman–Crippen LogP) is 5.13. The van der Waals surface area contributed by atoms with Gasteiger partial charge in [0, 0.05) is 13.1 Å². The van der Waals surface area contributed by atoms with E-state index in [1.54, 1.807) is 0 Å². The lowest BCUT2D eigenvalue weighted by Crippen LogP contribution is -2.69. The number of hydrogen-bond donors (Lipinski definition) is 2. The van der Waals surface area contributed by atoms with E-state index in [2.05, 4.69) is 29.3 Å². The number of unbranched alkanes of at least 4 members (excludes halogenated alkanes) is 1. The number of carbonyl (C=O) groups excluding carboxylic acids is 2. The van der Waals surface area contributed by atoms with Gasteiger partial charge in [-0.2, -0.15) is 0 Å². The van der Waals surface area contributed by atoms with Crippen LogP contribution in [0.1, 0.15) is 70.3 Å². The van der Waals surface area contributed by atoms with Crippen LogP contribution in [0.5, 0.6) is 11.5 Å². The lowest BCUT2D eigenvalue weighted by atomic mass is 9.80. The molecule has 0 aromatic heterocycles. The van der Waals surface area contributed by atoms with Gasteiger partial charge in [-0.05, 0) is 86.9 Å². The molecule has 7 nitrogen and oxygen atoms in total. The molecule has 2 N–H and O–H groups in total. The van der Waals surface area contributed by atoms with Gasteiger partial charge in [0.05, 0.1) is 6.10 Å². The molecule has 2 saturated heterocycles. The second-order valence-electron chi connectivity index (χ2n) is 11.9. The number of nitrogens with one attached hydrogen (secondary N) is 1. The zero-order chi connectivity index (χ0) is 27.9. The van der Waals surface area contributed by atoms with Crippen molar-refractivity contribution in [3.05, 3.63) is 60.2 Å². The Hall–Kier alpha value is -2.90. The number of amides is 2. The zero-order valence-electron chi connectivity index (χ0n) is 23.8. The van der Waals surface area contributed by atoms with Crippen LogP contribution in [0.2, 0.25) is 0 Å². The molecule has 0 radical (unpaired) electrons. The minimum absolute atomic E-state index is 0.0805. The Bertz CT molecular complexity index is 1090. The number of aliphatic hydroxyl groups is 1. The van der Waals surface area contributed by atoms with Crippen molar-refractivity contribution < 1.29 is 19.4 Å². The molecule has 0 bridgehead atoms. The van der Waals surface area contributed by atoms with Crippen LogP contribution in [0.4, 0.5) is 0 Å². The Morgan fingerprint density at radius 3 is 2.27 bits per heavy atom. The Kier molecular flexibility index (Phi) is 9.76. The van der Waals surface area contributed by atoms with Crippen molar-refractivity contribution in [1.29, 1.82) is 0 Å². The third-order valence-corrected chi connectivity index (χ3v) is 9.07. The molecular weight excluding hydrogens is 502 g/mol. The van der Waals surface area contributed by atoms with E-state index in [1.807, 2.05) is 47.4 Å². The monoisotopic (exact) mass is 547 g/mol. The van der Waals surface area contributed by atoms with E-state index in [4.69, 9.17) is 4.74 Å². The first kappa shape index (κ1) is 28.6. The van der Waals surface area contributed by atoms with Crippen LogP contribution < -0.4 is 10.1 Å². The van der Waals surface area contributed by atoms with Gasteiger partial charge >= 0.3 is 0 Å². The van der Waals surface area contributed by atoms with Gasteiger partial charge in [0.25, 0.3) is 0 Å². The van der Waals surface area contributed by atoms with Crippen molar-refractivity contribution in [2.45, 2.75) is 89.4 Å². The molecule has 0 spiro atoms. The number of piperidine rings is 1. The van der Waals surface area contributed by atoms with Crippen molar-refractivity contribution in [1.82, 2.24) is 15.1 Å². The molecule has 7 heteroatoms. The standard InChI is InChI=1S/C33H45N3O4/c1-2-3-20-36-30(32(38)34-29(33(36)39)31(37)26-10-6-4-7-11-26)25-18-21-35(22-19-25)23-24-14-16-28(17-15-24)40-27-12-8-5-9-13-27/h5,8-9,12-17,25-26,29-31,37H,2-4,6-7,10-11,18-23H2,1H3,(H,34,38)/t29-,30?,31-/m1/s1. The summed E-state index contributed by atoms with van der Waals surface area (Å²) in [6.07, 6.45) is 8.00. The molecule has 3 fully saturated rings. The minimum Gasteiger partial charge on any atom is -0.457 e. The third-order valence-electron chi connectivity index (χ3n) is 9.07. The largest absolute Gasteiger partial charge is 0.457 e. The molecule has 1 aliphatic carbocycles. The van der Waals surface area contributed by atoms with Gasteiger partial charge < -0.3 is 20.1 Å². The summed E-state index contributed by atoms with van der Waals surface area (Å²) in [7, 11) is 0. The highest BCUT2D eigenvalue weighted by atomic mass is 16.5. The minimum atomic E-state index is -0.808. The summed E-state index contributed by atoms with van der Waals surface area (Å²) in [5, 5.41) is 14.1. The first-order chi connectivity index (χ1) is 19.5. The Balaban J connectivity index is 1.17. The Labute approximate surface area is 238 Å². The average molecular weight is 548 g/mol. The highest BCUT2D eigenvalue weighted by Gasteiger charge is 2.48. The Morgan fingerprint density at radius 2 is 1.60 bits per heavy atom. The number of ether oxygens (including phenoxy) is 1. The van der Waals surface area contributed by atoms with Crippen molar-refractivity contribution in [3.8, 4) is 11.5 Å². The fourth-order valence-corrected chi connectivity index (χ4v) is 6.76. The first-order valence-electron chi connectivity index (χ1n) is 15.4. The normalized spacial score (nSPS) is 24.1. The summed E-state index contributed by atoms with van der Waals surface area (Å²) in [4.78, 5) is 31.5. The number of benzene rings is 2. The maximum Gasteiger partial charge on any atom is 0.248 e. The van der Waals surface area contributed by atoms with Gasteiger partial charge in [-0.25, -0.2) is 0 Å². The van der Waals surface area contributed by atoms with Gasteiger partial charge in [-0.3, -0.25) is 14.5 Å². The number of likely N-dealkylation sites (tertiary alicyclic amines) is 1. The molecular formula is C33H45N3O4. The van der Waals surface area contributed by atoms with E-state index in [9.17, 15) is 14.7 Å². The second-order valence-corrected chi connectivity index (χ2v) is 11.9. The van der Waals surface area contributed by atoms with Crippen LogP contribution in [0, 0.1) is 11.8 Å². The molecule has 3 aliphatic rings. The summed E-state index contributed by atoms with van der Waals surface area (Å²) in [6.45, 7) is 5.32. The molecule has 1 saturated carbocycles. The highest BCUT2D eigenvalue weighted by molar-refractivity contribution is 5.97. The highest BCUT2D eigenvalue weighted by Crippen LogP contribution is 2.32. The lowest BCUT2D eigenvalue weighted by Gasteiger charge is -2.46. The van der Waals surface area contributed by atoms with Crippen molar-refractivity contribution in [3.63, 3.8) is 0 Å². The van der Waals surface area contributed by atoms with Crippen molar-refractivity contribution in [2.75, 3.05) is 19.6 Å². The van der Waals surface area contributed by atoms with Crippen LogP contribution in [0.25, 0.3) is 0 Å². The number of hydrogen-bond acceptors (Lipinski definition) is 5. The van der Waals surface area contributed by atoms with E-state index in [0.717, 1.165) is 82.5 Å². The second kappa shape index (κ2) is 13.6. The molecule has 2 aromatic rings. The zero-order valence-corrected chi connectivity index (χ0v) is 23.8. The van der Waals surface area contributed by atoms with Crippen LogP contribution in [-0.4, -0.2) is 64.5 Å². The fourth-order valence-electron chi connectivity index (χ4n) is 6.76. The molecule has 5 rings (SSSR count). The molecule has 2 aromatic carbocycles. The third kappa shape index (κ3) is 6.87. The predicted molar refractivity (Wildman–Crippen MR) is 156 cm³/mol. The molecule has 1 unspecified atom stereocenters. The topological polar surface area (TPSA) is 82.1 Å². The van der Waals surface area contributed by atoms with Gasteiger partial charge in [0.1, 0.15) is 23.6 Å². The molecule has 3 atom stereocenters. The molecule has 2 amide bonds. The van der Waals surface area contributed by atoms with Crippen LogP contribution in [-0.2, 0) is 16.1 Å². The van der Waals surface area contributed by atoms with Gasteiger partial charge in [-0.1, -0.05) is 62.9 Å². The number of aliphatic hydroxyl groups excluding tert-OH is 1. The van der Waals surface area contributed by atoms with Crippen LogP contribution >= 0.6 is 0 Å². The van der Waals surface area contributed by atoms with E-state index >= 15 is 0 Å². The summed E-state index contributed by atoms with van der Waals surface area (Å²) in [5.41, 5.74) is 1.23. The Morgan fingerprint density at radius 1 is 0.925 bits per heavy atom. The van der Waals surface area contributed by atoms with Gasteiger partial charge in [-0.15, -0.1) is 0 Å². The number of piperazine rings is 1. The number of carbonyl (C=O) groups is 2. The van der Waals surface area contributed by atoms with E-state index in [0.29, 0.717) is 6.54 Å². The van der Waals surface area contributed by atoms with E-state index in [-0.39, 0.29) is 23.7 Å². The smallest absolute Gasteiger partial charge is 0.248 e. The van der Waals surface area contributed by atoms with E-state index in [1.165, 1.54) is 12.0 Å². The summed E-state index contributed by atoms with van der Waals surface area (Å²) < 4.78 is 5.92. The molecule has 2 heterocycles. The first-order valence-corrected chi connectivity index (χ1v) is 15.4. The maximum absolute atomic E-state index is 13.7. The average Bonchev–Trinajstić information content (AvgIpc) is 2.99. The van der Waals surface area contributed by atoms with Crippen molar-refractivity contribution >= 4 is 11.8 Å². The summed E-state index contributed by atoms with van der Waals surface area (Å²) >= 11 is 0. The summed E-state index contributed by atoms with van der Waals surface area (Å²) in [5.74, 6) is 1.70. The molecule has 2 aliphatic heterocycles. The number of para-hydroxylation sites is 1. The molecule has 40 heavy (non-hydrogen) atoms. The number of rotatable bonds is 10. The maximum atomic E-state index is 13.7. The van der Waals surface area contributed by atoms with E-state index < -0.39 is 18.2 Å². The fraction of sp³-hybridized carbons (Fsp3) is 0.576. The summed E-state index contributed by atoms with van der Waals surface area (Å²) in [6, 6.07) is 16.8. The quantitative estimate of drug-likeness (QED) is 0.431. The van der Waals surface area contributed by atoms with Gasteiger partial charge in [0.2, 0.25) is 11.8 Å². The SMILES string of the molecule is CCCCN1C(=O)[C@@H]([C@H](O)C2CCCCC2)NC(=O)C1C1CCN(Cc2ccc(Oc3ccccc3)cc2)CC1. The van der Waals surface area contributed by atoms with Crippen LogP contribution in [0.15, 0.2) is 54.6 Å². The van der Waals surface area contributed by atoms with Crippen LogP contribution in [0.3, 0.4) is 0 Å². The lowest BCUT2D eigenvalue weighted by molar-refractivity contribution is -0.157.